The number of rotatable bonds is 3. The quantitative estimate of drug-likeness (QED) is 0.811. The molecule has 1 aliphatic carbocycles. The van der Waals surface area contributed by atoms with Gasteiger partial charge in [-0.25, -0.2) is 4.98 Å². The van der Waals surface area contributed by atoms with E-state index in [1.165, 1.54) is 11.3 Å². The molecule has 0 aliphatic heterocycles. The van der Waals surface area contributed by atoms with E-state index in [2.05, 4.69) is 17.2 Å². The molecule has 1 fully saturated rings. The second kappa shape index (κ2) is 4.18. The van der Waals surface area contributed by atoms with Crippen molar-refractivity contribution in [2.75, 3.05) is 5.73 Å². The molecule has 0 saturated heterocycles. The third kappa shape index (κ3) is 2.68. The molecule has 4 nitrogen and oxygen atoms in total. The summed E-state index contributed by atoms with van der Waals surface area (Å²) in [7, 11) is 0. The van der Waals surface area contributed by atoms with E-state index in [1.54, 1.807) is 0 Å². The van der Waals surface area contributed by atoms with Crippen LogP contribution < -0.4 is 11.1 Å². The number of carbonyl (C=O) groups excluding carboxylic acids is 1. The van der Waals surface area contributed by atoms with E-state index in [0.717, 1.165) is 24.5 Å². The average Bonchev–Trinajstić information content (AvgIpc) is 2.48. The number of hydrogen-bond acceptors (Lipinski definition) is 4. The third-order valence-corrected chi connectivity index (χ3v) is 3.37. The molecule has 2 rings (SSSR count). The molecule has 0 atom stereocenters. The van der Waals surface area contributed by atoms with Crippen molar-refractivity contribution >= 4 is 22.4 Å². The predicted molar refractivity (Wildman–Crippen MR) is 60.6 cm³/mol. The molecule has 0 unspecified atom stereocenters. The number of hydrogen-bond donors (Lipinski definition) is 2. The molecule has 0 aromatic carbocycles. The number of aromatic nitrogens is 1. The Morgan fingerprint density at radius 2 is 2.47 bits per heavy atom. The van der Waals surface area contributed by atoms with Gasteiger partial charge < -0.3 is 11.1 Å². The minimum Gasteiger partial charge on any atom is -0.375 e. The maximum Gasteiger partial charge on any atom is 0.226 e. The van der Waals surface area contributed by atoms with Crippen LogP contribution in [0.4, 0.5) is 5.13 Å². The van der Waals surface area contributed by atoms with Gasteiger partial charge in [0.1, 0.15) is 0 Å². The van der Waals surface area contributed by atoms with E-state index in [1.807, 2.05) is 5.38 Å². The molecule has 1 amide bonds. The van der Waals surface area contributed by atoms with Gasteiger partial charge in [0.2, 0.25) is 5.91 Å². The van der Waals surface area contributed by atoms with E-state index in [4.69, 9.17) is 5.73 Å². The number of carbonyl (C=O) groups is 1. The van der Waals surface area contributed by atoms with Crippen molar-refractivity contribution in [2.45, 2.75) is 32.2 Å². The summed E-state index contributed by atoms with van der Waals surface area (Å²) < 4.78 is 0. The number of anilines is 1. The minimum atomic E-state index is 0.0530. The Bertz CT molecular complexity index is 357. The molecule has 1 aliphatic rings. The van der Waals surface area contributed by atoms with Crippen LogP contribution in [-0.2, 0) is 11.2 Å². The Hall–Kier alpha value is -1.10. The lowest BCUT2D eigenvalue weighted by molar-refractivity contribution is -0.122. The molecule has 0 bridgehead atoms. The summed E-state index contributed by atoms with van der Waals surface area (Å²) >= 11 is 1.37. The number of nitrogens with one attached hydrogen (secondary N) is 1. The summed E-state index contributed by atoms with van der Waals surface area (Å²) in [6.45, 7) is 2.20. The largest absolute Gasteiger partial charge is 0.375 e. The lowest BCUT2D eigenvalue weighted by Gasteiger charge is -2.33. The molecule has 15 heavy (non-hydrogen) atoms. The van der Waals surface area contributed by atoms with Crippen LogP contribution in [-0.4, -0.2) is 16.9 Å². The van der Waals surface area contributed by atoms with Gasteiger partial charge in [0.05, 0.1) is 12.1 Å². The lowest BCUT2D eigenvalue weighted by atomic mass is 9.82. The Balaban J connectivity index is 1.77. The maximum absolute atomic E-state index is 11.5. The summed E-state index contributed by atoms with van der Waals surface area (Å²) in [5.41, 5.74) is 6.25. The predicted octanol–water partition coefficient (Wildman–Crippen LogP) is 1.18. The Kier molecular flexibility index (Phi) is 2.90. The fraction of sp³-hybridized carbons (Fsp3) is 0.600. The van der Waals surface area contributed by atoms with Gasteiger partial charge >= 0.3 is 0 Å². The van der Waals surface area contributed by atoms with Gasteiger partial charge in [-0.2, -0.15) is 0 Å². The smallest absolute Gasteiger partial charge is 0.226 e. The highest BCUT2D eigenvalue weighted by atomic mass is 32.1. The minimum absolute atomic E-state index is 0.0530. The summed E-state index contributed by atoms with van der Waals surface area (Å²) in [6, 6.07) is 0.378. The molecule has 0 radical (unpaired) electrons. The first-order chi connectivity index (χ1) is 7.13. The van der Waals surface area contributed by atoms with Gasteiger partial charge in [-0.15, -0.1) is 11.3 Å². The number of thiazole rings is 1. The fourth-order valence-electron chi connectivity index (χ4n) is 1.87. The monoisotopic (exact) mass is 225 g/mol. The van der Waals surface area contributed by atoms with E-state index < -0.39 is 0 Å². The zero-order valence-corrected chi connectivity index (χ0v) is 9.51. The first-order valence-corrected chi connectivity index (χ1v) is 6.00. The molecule has 5 heteroatoms. The molecule has 0 spiro atoms. The van der Waals surface area contributed by atoms with Crippen LogP contribution in [0.1, 0.15) is 25.5 Å². The van der Waals surface area contributed by atoms with Crippen molar-refractivity contribution < 1.29 is 4.79 Å². The van der Waals surface area contributed by atoms with E-state index in [-0.39, 0.29) is 5.91 Å². The normalized spacial score (nSPS) is 24.6. The summed E-state index contributed by atoms with van der Waals surface area (Å²) in [4.78, 5) is 15.6. The van der Waals surface area contributed by atoms with Crippen LogP contribution in [0.2, 0.25) is 0 Å². The Labute approximate surface area is 92.9 Å². The fourth-order valence-corrected chi connectivity index (χ4v) is 2.43. The second-order valence-corrected chi connectivity index (χ2v) is 5.08. The van der Waals surface area contributed by atoms with Crippen molar-refractivity contribution in [3.63, 3.8) is 0 Å². The van der Waals surface area contributed by atoms with Gasteiger partial charge in [0.25, 0.3) is 0 Å². The van der Waals surface area contributed by atoms with Crippen LogP contribution in [0.5, 0.6) is 0 Å². The summed E-state index contributed by atoms with van der Waals surface area (Å²) in [5.74, 6) is 0.808. The molecule has 1 saturated carbocycles. The van der Waals surface area contributed by atoms with E-state index in [0.29, 0.717) is 17.6 Å². The van der Waals surface area contributed by atoms with Gasteiger partial charge in [-0.1, -0.05) is 6.92 Å². The Morgan fingerprint density at radius 1 is 1.73 bits per heavy atom. The van der Waals surface area contributed by atoms with Crippen LogP contribution in [0, 0.1) is 5.92 Å². The number of nitrogens with two attached hydrogens (primary N) is 1. The number of nitrogens with zero attached hydrogens (tertiary/aromatic N) is 1. The SMILES string of the molecule is CC1CC(NC(=O)Cc2csc(N)n2)C1. The lowest BCUT2D eigenvalue weighted by Crippen LogP contribution is -2.44. The number of amides is 1. The Morgan fingerprint density at radius 3 is 3.00 bits per heavy atom. The molecule has 82 valence electrons. The first-order valence-electron chi connectivity index (χ1n) is 5.12. The maximum atomic E-state index is 11.5. The highest BCUT2D eigenvalue weighted by Crippen LogP contribution is 2.26. The molecule has 1 heterocycles. The molecule has 1 aromatic rings. The summed E-state index contributed by atoms with van der Waals surface area (Å²) in [6.07, 6.45) is 2.55. The van der Waals surface area contributed by atoms with E-state index >= 15 is 0 Å². The van der Waals surface area contributed by atoms with Gasteiger partial charge in [0.15, 0.2) is 5.13 Å². The van der Waals surface area contributed by atoms with Crippen molar-refractivity contribution in [1.82, 2.24) is 10.3 Å². The van der Waals surface area contributed by atoms with Crippen molar-refractivity contribution in [3.05, 3.63) is 11.1 Å². The zero-order valence-electron chi connectivity index (χ0n) is 8.69. The third-order valence-electron chi connectivity index (χ3n) is 2.65. The summed E-state index contributed by atoms with van der Waals surface area (Å²) in [5, 5.41) is 5.34. The van der Waals surface area contributed by atoms with Crippen LogP contribution in [0.25, 0.3) is 0 Å². The topological polar surface area (TPSA) is 68.0 Å². The average molecular weight is 225 g/mol. The molecular weight excluding hydrogens is 210 g/mol. The first kappa shape index (κ1) is 10.4. The highest BCUT2D eigenvalue weighted by molar-refractivity contribution is 7.13. The molecular formula is C10H15N3OS. The zero-order chi connectivity index (χ0) is 10.8. The highest BCUT2D eigenvalue weighted by Gasteiger charge is 2.26. The van der Waals surface area contributed by atoms with Gasteiger partial charge in [0, 0.05) is 11.4 Å². The standard InChI is InChI=1S/C10H15N3OS/c1-6-2-7(3-6)12-9(14)4-8-5-15-10(11)13-8/h5-7H,2-4H2,1H3,(H2,11,13)(H,12,14). The van der Waals surface area contributed by atoms with Crippen molar-refractivity contribution in [2.24, 2.45) is 5.92 Å². The van der Waals surface area contributed by atoms with Gasteiger partial charge in [-0.3, -0.25) is 4.79 Å². The number of nitrogen functional groups attached to an aromatic ring is 1. The van der Waals surface area contributed by atoms with Crippen molar-refractivity contribution in [3.8, 4) is 0 Å². The van der Waals surface area contributed by atoms with Crippen molar-refractivity contribution in [1.29, 1.82) is 0 Å². The van der Waals surface area contributed by atoms with Crippen LogP contribution in [0.15, 0.2) is 5.38 Å². The molecule has 1 aromatic heterocycles. The second-order valence-electron chi connectivity index (χ2n) is 4.19. The van der Waals surface area contributed by atoms with E-state index in [9.17, 15) is 4.79 Å². The van der Waals surface area contributed by atoms with Crippen LogP contribution in [0.3, 0.4) is 0 Å². The van der Waals surface area contributed by atoms with Crippen LogP contribution >= 0.6 is 11.3 Å². The molecule has 3 N–H and O–H groups in total. The van der Waals surface area contributed by atoms with Gasteiger partial charge in [-0.05, 0) is 18.8 Å².